The van der Waals surface area contributed by atoms with Gasteiger partial charge >= 0.3 is 0 Å². The molecule has 3 rings (SSSR count). The van der Waals surface area contributed by atoms with Crippen LogP contribution in [0, 0.1) is 6.57 Å². The summed E-state index contributed by atoms with van der Waals surface area (Å²) in [5.74, 6) is 0. The quantitative estimate of drug-likeness (QED) is 0.734. The van der Waals surface area contributed by atoms with Crippen LogP contribution >= 0.6 is 11.8 Å². The molecule has 1 aliphatic heterocycles. The van der Waals surface area contributed by atoms with Crippen LogP contribution in [0.15, 0.2) is 86.6 Å². The summed E-state index contributed by atoms with van der Waals surface area (Å²) in [4.78, 5) is 6.61. The summed E-state index contributed by atoms with van der Waals surface area (Å²) in [6.45, 7) is 10.1. The van der Waals surface area contributed by atoms with Crippen LogP contribution in [-0.4, -0.2) is 15.0 Å². The number of benzene rings is 2. The molecule has 0 radical (unpaired) electrons. The van der Waals surface area contributed by atoms with Gasteiger partial charge in [0.05, 0.1) is 22.2 Å². The lowest BCUT2D eigenvalue weighted by molar-refractivity contribution is 0.603. The zero-order valence-corrected chi connectivity index (χ0v) is 15.2. The predicted molar refractivity (Wildman–Crippen MR) is 102 cm³/mol. The van der Waals surface area contributed by atoms with Crippen LogP contribution in [0.4, 0.5) is 5.69 Å². The maximum Gasteiger partial charge on any atom is 0.283 e. The van der Waals surface area contributed by atoms with Crippen molar-refractivity contribution in [1.29, 1.82) is 0 Å². The van der Waals surface area contributed by atoms with Crippen LogP contribution in [0.25, 0.3) is 4.85 Å². The normalized spacial score (nSPS) is 15.9. The molecule has 0 aromatic heterocycles. The number of nitrogens with zero attached hydrogens (tertiary/aromatic N) is 2. The van der Waals surface area contributed by atoms with E-state index < -0.39 is 9.84 Å². The third-order valence-electron chi connectivity index (χ3n) is 3.76. The summed E-state index contributed by atoms with van der Waals surface area (Å²) in [5, 5.41) is 0.631. The third-order valence-corrected chi connectivity index (χ3v) is 6.56. The van der Waals surface area contributed by atoms with Crippen molar-refractivity contribution in [3.63, 3.8) is 0 Å². The molecule has 1 heterocycles. The summed E-state index contributed by atoms with van der Waals surface area (Å²) < 4.78 is 25.2. The number of sulfone groups is 1. The molecule has 4 nitrogen and oxygen atoms in total. The molecule has 126 valence electrons. The van der Waals surface area contributed by atoms with E-state index >= 15 is 0 Å². The molecule has 0 atom stereocenters. The molecular formula is C19H16N2O2S2. The highest BCUT2D eigenvalue weighted by Crippen LogP contribution is 2.45. The van der Waals surface area contributed by atoms with Gasteiger partial charge < -0.3 is 4.90 Å². The number of hydrogen-bond donors (Lipinski definition) is 0. The highest BCUT2D eigenvalue weighted by Gasteiger charge is 2.24. The lowest BCUT2D eigenvalue weighted by Crippen LogP contribution is -2.16. The van der Waals surface area contributed by atoms with Gasteiger partial charge in [-0.1, -0.05) is 42.1 Å². The molecule has 0 aliphatic carbocycles. The van der Waals surface area contributed by atoms with E-state index in [0.29, 0.717) is 0 Å². The minimum Gasteiger partial charge on any atom is -0.335 e. The van der Waals surface area contributed by atoms with Crippen molar-refractivity contribution in [3.05, 3.63) is 88.2 Å². The number of fused-ring (bicyclic) bond motifs is 1. The van der Waals surface area contributed by atoms with Gasteiger partial charge in [0.2, 0.25) is 9.84 Å². The number of para-hydroxylation sites is 1. The Balaban J connectivity index is 1.97. The van der Waals surface area contributed by atoms with Crippen LogP contribution in [0.2, 0.25) is 0 Å². The standard InChI is InChI=1S/C19H16N2O2S2/c1-3-21-16-11-7-8-12-17(16)24-19(21)14-13-18(20-2)25(22,23)15-9-5-4-6-10-15/h4-14H,3H2,1H3. The monoisotopic (exact) mass is 368 g/mol. The van der Waals surface area contributed by atoms with Crippen molar-refractivity contribution in [2.75, 3.05) is 11.4 Å². The maximum atomic E-state index is 12.6. The molecule has 0 amide bonds. The molecular weight excluding hydrogens is 352 g/mol. The molecule has 0 saturated heterocycles. The van der Waals surface area contributed by atoms with E-state index in [1.165, 1.54) is 18.2 Å². The van der Waals surface area contributed by atoms with Crippen LogP contribution in [0.3, 0.4) is 0 Å². The molecule has 0 fully saturated rings. The summed E-state index contributed by atoms with van der Waals surface area (Å²) >= 11 is 1.57. The third kappa shape index (κ3) is 3.34. The fourth-order valence-electron chi connectivity index (χ4n) is 2.55. The average molecular weight is 368 g/mol. The fraction of sp³-hybridized carbons (Fsp3) is 0.105. The Kier molecular flexibility index (Phi) is 4.98. The molecule has 0 N–H and O–H groups in total. The van der Waals surface area contributed by atoms with E-state index in [1.54, 1.807) is 36.0 Å². The zero-order valence-electron chi connectivity index (χ0n) is 13.6. The van der Waals surface area contributed by atoms with Gasteiger partial charge in [0.1, 0.15) is 0 Å². The summed E-state index contributed by atoms with van der Waals surface area (Å²) in [7, 11) is -3.80. The van der Waals surface area contributed by atoms with Crippen molar-refractivity contribution < 1.29 is 8.42 Å². The Bertz CT molecular complexity index is 988. The Hall–Kier alpha value is -2.49. The van der Waals surface area contributed by atoms with Gasteiger partial charge in [-0.2, -0.15) is 0 Å². The van der Waals surface area contributed by atoms with Crippen LogP contribution in [-0.2, 0) is 9.84 Å². The Labute approximate surface area is 152 Å². The van der Waals surface area contributed by atoms with E-state index in [2.05, 4.69) is 9.74 Å². The minimum absolute atomic E-state index is 0.130. The van der Waals surface area contributed by atoms with Gasteiger partial charge in [-0.15, -0.1) is 0 Å². The van der Waals surface area contributed by atoms with E-state index in [9.17, 15) is 8.42 Å². The van der Waals surface area contributed by atoms with Crippen molar-refractivity contribution >= 4 is 27.3 Å². The topological polar surface area (TPSA) is 41.7 Å². The predicted octanol–water partition coefficient (Wildman–Crippen LogP) is 4.69. The molecule has 0 unspecified atom stereocenters. The fourth-order valence-corrected chi connectivity index (χ4v) is 4.81. The van der Waals surface area contributed by atoms with Gasteiger partial charge in [-0.3, -0.25) is 0 Å². The number of hydrogen-bond acceptors (Lipinski definition) is 4. The van der Waals surface area contributed by atoms with Crippen LogP contribution < -0.4 is 4.90 Å². The molecule has 0 bridgehead atoms. The summed E-state index contributed by atoms with van der Waals surface area (Å²) in [5.41, 5.74) is 1.10. The first-order valence-electron chi connectivity index (χ1n) is 7.72. The maximum absolute atomic E-state index is 12.6. The smallest absolute Gasteiger partial charge is 0.283 e. The molecule has 1 aliphatic rings. The van der Waals surface area contributed by atoms with Crippen molar-refractivity contribution in [2.45, 2.75) is 16.7 Å². The Morgan fingerprint density at radius 1 is 1.16 bits per heavy atom. The number of anilines is 1. The zero-order chi connectivity index (χ0) is 17.9. The van der Waals surface area contributed by atoms with Crippen molar-refractivity contribution in [1.82, 2.24) is 0 Å². The Morgan fingerprint density at radius 3 is 2.52 bits per heavy atom. The van der Waals surface area contributed by atoms with Gasteiger partial charge in [-0.25, -0.2) is 13.3 Å². The molecule has 2 aromatic carbocycles. The van der Waals surface area contributed by atoms with Crippen molar-refractivity contribution in [3.8, 4) is 0 Å². The van der Waals surface area contributed by atoms with E-state index in [0.717, 1.165) is 22.2 Å². The Morgan fingerprint density at radius 2 is 1.84 bits per heavy atom. The number of allylic oxidation sites excluding steroid dienone is 2. The molecule has 0 saturated carbocycles. The van der Waals surface area contributed by atoms with Gasteiger partial charge in [-0.05, 0) is 43.3 Å². The average Bonchev–Trinajstić information content (AvgIpc) is 3.00. The molecule has 2 aromatic rings. The van der Waals surface area contributed by atoms with Crippen LogP contribution in [0.5, 0.6) is 0 Å². The minimum atomic E-state index is -3.80. The van der Waals surface area contributed by atoms with E-state index in [-0.39, 0.29) is 9.92 Å². The van der Waals surface area contributed by atoms with Gasteiger partial charge in [0.15, 0.2) is 0 Å². The lowest BCUT2D eigenvalue weighted by Gasteiger charge is -2.17. The molecule has 25 heavy (non-hydrogen) atoms. The molecule has 6 heteroatoms. The van der Waals surface area contributed by atoms with Crippen molar-refractivity contribution in [2.24, 2.45) is 0 Å². The summed E-state index contributed by atoms with van der Waals surface area (Å²) in [6.07, 6.45) is 3.11. The second-order valence-corrected chi connectivity index (χ2v) is 8.21. The molecule has 0 spiro atoms. The largest absolute Gasteiger partial charge is 0.335 e. The first-order valence-corrected chi connectivity index (χ1v) is 10.0. The first kappa shape index (κ1) is 17.3. The second-order valence-electron chi connectivity index (χ2n) is 5.25. The van der Waals surface area contributed by atoms with Gasteiger partial charge in [0, 0.05) is 11.4 Å². The highest BCUT2D eigenvalue weighted by atomic mass is 32.2. The lowest BCUT2D eigenvalue weighted by atomic mass is 10.3. The van der Waals surface area contributed by atoms with E-state index in [1.807, 2.05) is 31.2 Å². The highest BCUT2D eigenvalue weighted by molar-refractivity contribution is 8.03. The van der Waals surface area contributed by atoms with Gasteiger partial charge in [0.25, 0.3) is 5.03 Å². The second kappa shape index (κ2) is 7.18. The number of rotatable bonds is 4. The first-order chi connectivity index (χ1) is 12.1. The number of thioether (sulfide) groups is 1. The SMILES string of the molecule is [C-]#[N+]C(=CC=C1Sc2ccccc2N1CC)S(=O)(=O)c1ccccc1. The summed E-state index contributed by atoms with van der Waals surface area (Å²) in [6, 6.07) is 16.1. The van der Waals surface area contributed by atoms with Crippen LogP contribution in [0.1, 0.15) is 6.92 Å². The van der Waals surface area contributed by atoms with E-state index in [4.69, 9.17) is 6.57 Å².